The van der Waals surface area contributed by atoms with Crippen molar-refractivity contribution >= 4 is 33.2 Å². The minimum Gasteiger partial charge on any atom is -0.371 e. The molecule has 1 N–H and O–H groups in total. The zero-order valence-corrected chi connectivity index (χ0v) is 19.9. The SMILES string of the molecule is Cc1ccc(Cl)cc1N1CC[C@@H](CNC(=O)CCCN(C)S(=O)(=O)c2ccc(F)cc2)C1. The third kappa shape index (κ3) is 6.21. The van der Waals surface area contributed by atoms with Gasteiger partial charge in [0.15, 0.2) is 0 Å². The van der Waals surface area contributed by atoms with Crippen molar-refractivity contribution in [1.82, 2.24) is 9.62 Å². The van der Waals surface area contributed by atoms with Crippen LogP contribution in [0.2, 0.25) is 5.02 Å². The average Bonchev–Trinajstić information content (AvgIpc) is 3.23. The van der Waals surface area contributed by atoms with E-state index in [1.54, 1.807) is 0 Å². The Bertz CT molecular complexity index is 1050. The molecule has 1 aliphatic heterocycles. The number of rotatable bonds is 9. The summed E-state index contributed by atoms with van der Waals surface area (Å²) in [5, 5.41) is 3.69. The highest BCUT2D eigenvalue weighted by Crippen LogP contribution is 2.29. The molecule has 6 nitrogen and oxygen atoms in total. The lowest BCUT2D eigenvalue weighted by Crippen LogP contribution is -2.32. The molecule has 0 aliphatic carbocycles. The van der Waals surface area contributed by atoms with Crippen LogP contribution in [-0.4, -0.2) is 51.9 Å². The number of sulfonamides is 1. The summed E-state index contributed by atoms with van der Waals surface area (Å²) in [5.41, 5.74) is 2.32. The third-order valence-electron chi connectivity index (χ3n) is 5.78. The van der Waals surface area contributed by atoms with Gasteiger partial charge in [0.2, 0.25) is 15.9 Å². The van der Waals surface area contributed by atoms with E-state index < -0.39 is 15.8 Å². The second-order valence-electron chi connectivity index (χ2n) is 8.22. The fraction of sp³-hybridized carbons (Fsp3) is 0.435. The highest BCUT2D eigenvalue weighted by atomic mass is 35.5. The quantitative estimate of drug-likeness (QED) is 0.591. The molecule has 3 rings (SSSR count). The van der Waals surface area contributed by atoms with Crippen molar-refractivity contribution in [2.75, 3.05) is 38.1 Å². The van der Waals surface area contributed by atoms with Crippen LogP contribution < -0.4 is 10.2 Å². The van der Waals surface area contributed by atoms with Crippen LogP contribution in [0.1, 0.15) is 24.8 Å². The van der Waals surface area contributed by atoms with E-state index in [0.717, 1.165) is 37.3 Å². The Hall–Kier alpha value is -2.16. The van der Waals surface area contributed by atoms with Gasteiger partial charge in [-0.3, -0.25) is 4.79 Å². The van der Waals surface area contributed by atoms with Gasteiger partial charge in [-0.15, -0.1) is 0 Å². The minimum atomic E-state index is -3.70. The Morgan fingerprint density at radius 3 is 2.69 bits per heavy atom. The molecule has 0 spiro atoms. The first kappa shape index (κ1) is 24.5. The van der Waals surface area contributed by atoms with Crippen molar-refractivity contribution in [3.05, 3.63) is 58.9 Å². The highest BCUT2D eigenvalue weighted by Gasteiger charge is 2.24. The van der Waals surface area contributed by atoms with Crippen molar-refractivity contribution in [3.63, 3.8) is 0 Å². The lowest BCUT2D eigenvalue weighted by molar-refractivity contribution is -0.121. The number of carbonyl (C=O) groups is 1. The van der Waals surface area contributed by atoms with Gasteiger partial charge in [0.05, 0.1) is 4.90 Å². The number of hydrogen-bond donors (Lipinski definition) is 1. The lowest BCUT2D eigenvalue weighted by atomic mass is 10.1. The zero-order chi connectivity index (χ0) is 23.3. The molecule has 0 aromatic heterocycles. The number of nitrogens with zero attached hydrogens (tertiary/aromatic N) is 2. The molecule has 174 valence electrons. The van der Waals surface area contributed by atoms with Crippen LogP contribution >= 0.6 is 11.6 Å². The normalized spacial score (nSPS) is 16.5. The van der Waals surface area contributed by atoms with Crippen LogP contribution in [0, 0.1) is 18.7 Å². The zero-order valence-electron chi connectivity index (χ0n) is 18.4. The van der Waals surface area contributed by atoms with Gasteiger partial charge in [-0.1, -0.05) is 17.7 Å². The Labute approximate surface area is 194 Å². The first-order chi connectivity index (χ1) is 15.2. The van der Waals surface area contributed by atoms with E-state index in [1.165, 1.54) is 29.0 Å². The molecule has 1 heterocycles. The summed E-state index contributed by atoms with van der Waals surface area (Å²) < 4.78 is 39.2. The molecule has 1 atom stereocenters. The van der Waals surface area contributed by atoms with E-state index in [1.807, 2.05) is 18.2 Å². The van der Waals surface area contributed by atoms with E-state index in [9.17, 15) is 17.6 Å². The molecule has 2 aromatic carbocycles. The fourth-order valence-corrected chi connectivity index (χ4v) is 5.23. The van der Waals surface area contributed by atoms with Crippen molar-refractivity contribution in [1.29, 1.82) is 0 Å². The summed E-state index contributed by atoms with van der Waals surface area (Å²) in [5.74, 6) is -0.217. The number of halogens is 2. The number of nitrogens with one attached hydrogen (secondary N) is 1. The van der Waals surface area contributed by atoms with E-state index >= 15 is 0 Å². The van der Waals surface area contributed by atoms with Crippen molar-refractivity contribution in [3.8, 4) is 0 Å². The van der Waals surface area contributed by atoms with Crippen molar-refractivity contribution in [2.24, 2.45) is 5.92 Å². The second-order valence-corrected chi connectivity index (χ2v) is 10.7. The van der Waals surface area contributed by atoms with Gasteiger partial charge < -0.3 is 10.2 Å². The van der Waals surface area contributed by atoms with E-state index in [4.69, 9.17) is 11.6 Å². The summed E-state index contributed by atoms with van der Waals surface area (Å²) in [4.78, 5) is 14.6. The van der Waals surface area contributed by atoms with Crippen LogP contribution in [0.4, 0.5) is 10.1 Å². The van der Waals surface area contributed by atoms with Gasteiger partial charge in [-0.2, -0.15) is 0 Å². The molecule has 1 aliphatic rings. The number of carbonyl (C=O) groups excluding carboxylic acids is 1. The molecule has 32 heavy (non-hydrogen) atoms. The van der Waals surface area contributed by atoms with Gasteiger partial charge in [0.25, 0.3) is 0 Å². The maximum atomic E-state index is 13.0. The fourth-order valence-electron chi connectivity index (χ4n) is 3.86. The summed E-state index contributed by atoms with van der Waals surface area (Å²) in [7, 11) is -2.24. The van der Waals surface area contributed by atoms with Crippen molar-refractivity contribution < 1.29 is 17.6 Å². The highest BCUT2D eigenvalue weighted by molar-refractivity contribution is 7.89. The molecular weight excluding hydrogens is 453 g/mol. The minimum absolute atomic E-state index is 0.0339. The third-order valence-corrected chi connectivity index (χ3v) is 7.89. The first-order valence-corrected chi connectivity index (χ1v) is 12.5. The Morgan fingerprint density at radius 1 is 1.25 bits per heavy atom. The molecule has 1 saturated heterocycles. The van der Waals surface area contributed by atoms with Gasteiger partial charge in [-0.25, -0.2) is 17.1 Å². The predicted molar refractivity (Wildman–Crippen MR) is 125 cm³/mol. The van der Waals surface area contributed by atoms with Gasteiger partial charge >= 0.3 is 0 Å². The summed E-state index contributed by atoms with van der Waals surface area (Å²) in [6.07, 6.45) is 1.64. The largest absolute Gasteiger partial charge is 0.371 e. The smallest absolute Gasteiger partial charge is 0.242 e. The molecule has 0 bridgehead atoms. The Morgan fingerprint density at radius 2 is 1.97 bits per heavy atom. The number of amides is 1. The molecule has 0 saturated carbocycles. The molecule has 1 amide bonds. The monoisotopic (exact) mass is 481 g/mol. The topological polar surface area (TPSA) is 69.7 Å². The van der Waals surface area contributed by atoms with Crippen LogP contribution in [0.3, 0.4) is 0 Å². The number of aryl methyl sites for hydroxylation is 1. The standard InChI is InChI=1S/C23H29ClFN3O3S/c1-17-5-6-19(24)14-22(17)28-13-11-18(16-28)15-26-23(29)4-3-12-27(2)32(30,31)21-9-7-20(25)8-10-21/h5-10,14,18H,3-4,11-13,15-16H2,1-2H3,(H,26,29)/t18-/m0/s1. The number of hydrogen-bond acceptors (Lipinski definition) is 4. The van der Waals surface area contributed by atoms with E-state index in [2.05, 4.69) is 17.1 Å². The van der Waals surface area contributed by atoms with Crippen LogP contribution in [0.25, 0.3) is 0 Å². The molecule has 1 fully saturated rings. The van der Waals surface area contributed by atoms with Crippen LogP contribution in [-0.2, 0) is 14.8 Å². The first-order valence-electron chi connectivity index (χ1n) is 10.7. The van der Waals surface area contributed by atoms with Gasteiger partial charge in [0.1, 0.15) is 5.82 Å². The second kappa shape index (κ2) is 10.6. The van der Waals surface area contributed by atoms with Crippen molar-refractivity contribution in [2.45, 2.75) is 31.1 Å². The summed E-state index contributed by atoms with van der Waals surface area (Å²) in [6.45, 7) is 4.65. The van der Waals surface area contributed by atoms with Crippen LogP contribution in [0.15, 0.2) is 47.4 Å². The van der Waals surface area contributed by atoms with E-state index in [0.29, 0.717) is 23.9 Å². The Balaban J connectivity index is 1.40. The maximum Gasteiger partial charge on any atom is 0.242 e. The van der Waals surface area contributed by atoms with Gasteiger partial charge in [0, 0.05) is 50.4 Å². The number of benzene rings is 2. The van der Waals surface area contributed by atoms with Gasteiger partial charge in [-0.05, 0) is 67.6 Å². The molecular formula is C23H29ClFN3O3S. The molecule has 0 radical (unpaired) electrons. The predicted octanol–water partition coefficient (Wildman–Crippen LogP) is 3.83. The maximum absolute atomic E-state index is 13.0. The molecule has 2 aromatic rings. The summed E-state index contributed by atoms with van der Waals surface area (Å²) in [6, 6.07) is 10.6. The number of anilines is 1. The lowest BCUT2D eigenvalue weighted by Gasteiger charge is -2.21. The Kier molecular flexibility index (Phi) is 8.14. The average molecular weight is 482 g/mol. The van der Waals surface area contributed by atoms with E-state index in [-0.39, 0.29) is 23.8 Å². The summed E-state index contributed by atoms with van der Waals surface area (Å²) >= 11 is 6.13. The molecule has 9 heteroatoms. The van der Waals surface area contributed by atoms with Crippen LogP contribution in [0.5, 0.6) is 0 Å². The molecule has 0 unspecified atom stereocenters.